The van der Waals surface area contributed by atoms with Crippen molar-refractivity contribution in [1.82, 2.24) is 5.43 Å². The summed E-state index contributed by atoms with van der Waals surface area (Å²) in [6, 6.07) is 12.1. The van der Waals surface area contributed by atoms with Crippen LogP contribution >= 0.6 is 15.9 Å². The number of hydrogen-bond donors (Lipinski definition) is 2. The van der Waals surface area contributed by atoms with E-state index in [0.717, 1.165) is 10.9 Å². The third-order valence-corrected chi connectivity index (χ3v) is 3.85. The average molecular weight is 434 g/mol. The van der Waals surface area contributed by atoms with E-state index in [0.29, 0.717) is 29.4 Å². The molecule has 7 nitrogen and oxygen atoms in total. The van der Waals surface area contributed by atoms with E-state index in [4.69, 9.17) is 9.47 Å². The molecule has 0 aromatic heterocycles. The molecule has 0 bridgehead atoms. The minimum atomic E-state index is -0.881. The number of nitrogens with one attached hydrogen (secondary N) is 2. The quantitative estimate of drug-likeness (QED) is 0.398. The smallest absolute Gasteiger partial charge is 0.329 e. The van der Waals surface area contributed by atoms with Gasteiger partial charge in [0.1, 0.15) is 11.5 Å². The Kier molecular flexibility index (Phi) is 7.81. The molecule has 2 rings (SSSR count). The summed E-state index contributed by atoms with van der Waals surface area (Å²) in [7, 11) is 1.54. The Morgan fingerprint density at radius 3 is 2.56 bits per heavy atom. The standard InChI is InChI=1S/C19H20BrN3O4/c1-3-10-27-17-9-4-14(20)11-13(17)12-21-23-19(25)18(24)22-15-5-7-16(26-2)8-6-15/h4-9,11-12H,3,10H2,1-2H3,(H,22,24)(H,23,25)/b21-12+. The fourth-order valence-electron chi connectivity index (χ4n) is 2.04. The number of carbonyl (C=O) groups is 2. The van der Waals surface area contributed by atoms with Crippen molar-refractivity contribution in [1.29, 1.82) is 0 Å². The van der Waals surface area contributed by atoms with E-state index in [1.165, 1.54) is 6.21 Å². The molecular weight excluding hydrogens is 414 g/mol. The van der Waals surface area contributed by atoms with E-state index in [9.17, 15) is 9.59 Å². The second kappa shape index (κ2) is 10.3. The first kappa shape index (κ1) is 20.4. The Hall–Kier alpha value is -2.87. The number of halogens is 1. The Labute approximate surface area is 165 Å². The highest BCUT2D eigenvalue weighted by Gasteiger charge is 2.13. The van der Waals surface area contributed by atoms with Gasteiger partial charge in [-0.05, 0) is 48.9 Å². The number of hydrogen-bond acceptors (Lipinski definition) is 5. The molecule has 0 saturated heterocycles. The van der Waals surface area contributed by atoms with Crippen LogP contribution in [0.1, 0.15) is 18.9 Å². The molecule has 0 atom stereocenters. The van der Waals surface area contributed by atoms with Crippen LogP contribution in [0.4, 0.5) is 5.69 Å². The van der Waals surface area contributed by atoms with Crippen LogP contribution in [0.3, 0.4) is 0 Å². The molecule has 0 heterocycles. The van der Waals surface area contributed by atoms with Crippen molar-refractivity contribution in [3.63, 3.8) is 0 Å². The van der Waals surface area contributed by atoms with E-state index >= 15 is 0 Å². The molecule has 0 fully saturated rings. The molecule has 0 radical (unpaired) electrons. The lowest BCUT2D eigenvalue weighted by Gasteiger charge is -2.08. The van der Waals surface area contributed by atoms with Gasteiger partial charge in [-0.25, -0.2) is 5.43 Å². The maximum absolute atomic E-state index is 11.9. The van der Waals surface area contributed by atoms with Gasteiger partial charge in [-0.1, -0.05) is 22.9 Å². The molecule has 2 amide bonds. The number of carbonyl (C=O) groups excluding carboxylic acids is 2. The van der Waals surface area contributed by atoms with Crippen LogP contribution in [0.25, 0.3) is 0 Å². The second-order valence-electron chi connectivity index (χ2n) is 5.41. The molecule has 8 heteroatoms. The van der Waals surface area contributed by atoms with E-state index in [1.807, 2.05) is 13.0 Å². The summed E-state index contributed by atoms with van der Waals surface area (Å²) in [4.78, 5) is 23.8. The summed E-state index contributed by atoms with van der Waals surface area (Å²) >= 11 is 3.38. The average Bonchev–Trinajstić information content (AvgIpc) is 2.67. The van der Waals surface area contributed by atoms with Crippen LogP contribution in [0.5, 0.6) is 11.5 Å². The lowest BCUT2D eigenvalue weighted by atomic mass is 10.2. The fraction of sp³-hybridized carbons (Fsp3) is 0.211. The number of amides is 2. The van der Waals surface area contributed by atoms with Gasteiger partial charge in [0.25, 0.3) is 0 Å². The van der Waals surface area contributed by atoms with Crippen LogP contribution in [-0.4, -0.2) is 31.7 Å². The van der Waals surface area contributed by atoms with Crippen LogP contribution in [0.15, 0.2) is 52.0 Å². The summed E-state index contributed by atoms with van der Waals surface area (Å²) < 4.78 is 11.5. The van der Waals surface area contributed by atoms with Crippen molar-refractivity contribution in [2.45, 2.75) is 13.3 Å². The Balaban J connectivity index is 1.95. The summed E-state index contributed by atoms with van der Waals surface area (Å²) in [6.07, 6.45) is 2.29. The van der Waals surface area contributed by atoms with Crippen LogP contribution in [0.2, 0.25) is 0 Å². The maximum atomic E-state index is 11.9. The van der Waals surface area contributed by atoms with Crippen molar-refractivity contribution in [2.24, 2.45) is 5.10 Å². The number of hydrazone groups is 1. The lowest BCUT2D eigenvalue weighted by Crippen LogP contribution is -2.32. The highest BCUT2D eigenvalue weighted by atomic mass is 79.9. The Morgan fingerprint density at radius 2 is 1.89 bits per heavy atom. The number of benzene rings is 2. The van der Waals surface area contributed by atoms with Gasteiger partial charge in [-0.3, -0.25) is 9.59 Å². The Bertz CT molecular complexity index is 822. The van der Waals surface area contributed by atoms with Crippen LogP contribution in [-0.2, 0) is 9.59 Å². The topological polar surface area (TPSA) is 89.0 Å². The number of nitrogens with zero attached hydrogens (tertiary/aromatic N) is 1. The first-order chi connectivity index (χ1) is 13.0. The zero-order valence-corrected chi connectivity index (χ0v) is 16.6. The zero-order chi connectivity index (χ0) is 19.6. The van der Waals surface area contributed by atoms with Crippen molar-refractivity contribution >= 4 is 39.6 Å². The molecule has 0 aliphatic rings. The fourth-order valence-corrected chi connectivity index (χ4v) is 2.42. The third kappa shape index (κ3) is 6.41. The minimum Gasteiger partial charge on any atom is -0.497 e. The zero-order valence-electron chi connectivity index (χ0n) is 15.0. The predicted molar refractivity (Wildman–Crippen MR) is 107 cm³/mol. The highest BCUT2D eigenvalue weighted by molar-refractivity contribution is 9.10. The first-order valence-corrected chi connectivity index (χ1v) is 9.03. The van der Waals surface area contributed by atoms with E-state index in [2.05, 4.69) is 31.8 Å². The van der Waals surface area contributed by atoms with Gasteiger partial charge in [0.2, 0.25) is 0 Å². The van der Waals surface area contributed by atoms with Crippen molar-refractivity contribution in [3.05, 3.63) is 52.5 Å². The second-order valence-corrected chi connectivity index (χ2v) is 6.33. The largest absolute Gasteiger partial charge is 0.497 e. The number of methoxy groups -OCH3 is 1. The molecule has 27 heavy (non-hydrogen) atoms. The van der Waals surface area contributed by atoms with E-state index in [-0.39, 0.29) is 0 Å². The summed E-state index contributed by atoms with van der Waals surface area (Å²) in [5.74, 6) is -0.417. The van der Waals surface area contributed by atoms with Crippen LogP contribution < -0.4 is 20.2 Å². The van der Waals surface area contributed by atoms with Gasteiger partial charge in [-0.2, -0.15) is 5.10 Å². The first-order valence-electron chi connectivity index (χ1n) is 8.24. The van der Waals surface area contributed by atoms with Gasteiger partial charge >= 0.3 is 11.8 Å². The molecule has 0 spiro atoms. The summed E-state index contributed by atoms with van der Waals surface area (Å²) in [5, 5.41) is 6.31. The van der Waals surface area contributed by atoms with Crippen molar-refractivity contribution in [2.75, 3.05) is 19.0 Å². The van der Waals surface area contributed by atoms with Crippen LogP contribution in [0, 0.1) is 0 Å². The number of rotatable bonds is 7. The summed E-state index contributed by atoms with van der Waals surface area (Å²) in [6.45, 7) is 2.58. The lowest BCUT2D eigenvalue weighted by molar-refractivity contribution is -0.136. The predicted octanol–water partition coefficient (Wildman–Crippen LogP) is 3.34. The summed E-state index contributed by atoms with van der Waals surface area (Å²) in [5.41, 5.74) is 3.35. The van der Waals surface area contributed by atoms with Gasteiger partial charge in [0, 0.05) is 15.7 Å². The van der Waals surface area contributed by atoms with Crippen molar-refractivity contribution in [3.8, 4) is 11.5 Å². The molecule has 0 aliphatic heterocycles. The molecule has 0 aliphatic carbocycles. The molecule has 2 aromatic carbocycles. The molecule has 0 unspecified atom stereocenters. The molecular formula is C19H20BrN3O4. The minimum absolute atomic E-state index is 0.474. The molecule has 2 aromatic rings. The van der Waals surface area contributed by atoms with E-state index < -0.39 is 11.8 Å². The van der Waals surface area contributed by atoms with E-state index in [1.54, 1.807) is 43.5 Å². The molecule has 2 N–H and O–H groups in total. The van der Waals surface area contributed by atoms with Crippen molar-refractivity contribution < 1.29 is 19.1 Å². The molecule has 142 valence electrons. The monoisotopic (exact) mass is 433 g/mol. The normalized spacial score (nSPS) is 10.5. The van der Waals surface area contributed by atoms with Gasteiger partial charge in [-0.15, -0.1) is 0 Å². The SMILES string of the molecule is CCCOc1ccc(Br)cc1/C=N/NC(=O)C(=O)Nc1ccc(OC)cc1. The number of anilines is 1. The van der Waals surface area contributed by atoms with Gasteiger partial charge < -0.3 is 14.8 Å². The highest BCUT2D eigenvalue weighted by Crippen LogP contribution is 2.22. The number of ether oxygens (including phenoxy) is 2. The third-order valence-electron chi connectivity index (χ3n) is 3.36. The van der Waals surface area contributed by atoms with Gasteiger partial charge in [0.15, 0.2) is 0 Å². The Morgan fingerprint density at radius 1 is 1.15 bits per heavy atom. The molecule has 0 saturated carbocycles. The van der Waals surface area contributed by atoms with Gasteiger partial charge in [0.05, 0.1) is 19.9 Å². The maximum Gasteiger partial charge on any atom is 0.329 e.